The molecule has 24 heavy (non-hydrogen) atoms. The lowest BCUT2D eigenvalue weighted by Crippen LogP contribution is -2.37. The van der Waals surface area contributed by atoms with Gasteiger partial charge in [-0.3, -0.25) is 4.79 Å². The van der Waals surface area contributed by atoms with Gasteiger partial charge in [-0.25, -0.2) is 13.1 Å². The van der Waals surface area contributed by atoms with E-state index < -0.39 is 10.0 Å². The van der Waals surface area contributed by atoms with Crippen LogP contribution in [0.5, 0.6) is 5.75 Å². The van der Waals surface area contributed by atoms with Gasteiger partial charge < -0.3 is 15.4 Å². The fraction of sp³-hybridized carbons (Fsp3) is 0.533. The molecule has 138 valence electrons. The van der Waals surface area contributed by atoms with E-state index in [1.54, 1.807) is 20.9 Å². The van der Waals surface area contributed by atoms with Crippen molar-refractivity contribution in [1.29, 1.82) is 0 Å². The second-order valence-electron chi connectivity index (χ2n) is 5.54. The zero-order chi connectivity index (χ0) is 17.6. The third-order valence-corrected chi connectivity index (χ3v) is 4.85. The van der Waals surface area contributed by atoms with Gasteiger partial charge in [0, 0.05) is 24.2 Å². The highest BCUT2D eigenvalue weighted by Crippen LogP contribution is 2.25. The SMILES string of the molecule is CNC(C)CNC(=O)c1ccc(OC)c(S(=O)(=O)NC(C)C)c1.Cl. The van der Waals surface area contributed by atoms with Crippen LogP contribution in [0, 0.1) is 0 Å². The molecule has 1 amide bonds. The van der Waals surface area contributed by atoms with E-state index in [-0.39, 0.29) is 46.6 Å². The fourth-order valence-electron chi connectivity index (χ4n) is 1.85. The predicted molar refractivity (Wildman–Crippen MR) is 96.6 cm³/mol. The smallest absolute Gasteiger partial charge is 0.251 e. The summed E-state index contributed by atoms with van der Waals surface area (Å²) in [6.07, 6.45) is 0. The van der Waals surface area contributed by atoms with E-state index in [1.807, 2.05) is 6.92 Å². The summed E-state index contributed by atoms with van der Waals surface area (Å²) in [4.78, 5) is 12.1. The van der Waals surface area contributed by atoms with E-state index >= 15 is 0 Å². The Balaban J connectivity index is 0.00000529. The van der Waals surface area contributed by atoms with Crippen LogP contribution in [-0.2, 0) is 10.0 Å². The first-order chi connectivity index (χ1) is 10.7. The monoisotopic (exact) mass is 379 g/mol. The lowest BCUT2D eigenvalue weighted by atomic mass is 10.2. The van der Waals surface area contributed by atoms with Crippen molar-refractivity contribution in [2.45, 2.75) is 37.8 Å². The molecule has 9 heteroatoms. The second kappa shape index (κ2) is 9.83. The molecule has 1 aromatic rings. The Morgan fingerprint density at radius 3 is 2.38 bits per heavy atom. The predicted octanol–water partition coefficient (Wildman–Crippen LogP) is 1.14. The van der Waals surface area contributed by atoms with Crippen LogP contribution < -0.4 is 20.1 Å². The van der Waals surface area contributed by atoms with Crippen LogP contribution in [0.2, 0.25) is 0 Å². The van der Waals surface area contributed by atoms with Gasteiger partial charge in [0.15, 0.2) is 0 Å². The van der Waals surface area contributed by atoms with Crippen LogP contribution >= 0.6 is 12.4 Å². The third kappa shape index (κ3) is 6.27. The molecule has 1 atom stereocenters. The van der Waals surface area contributed by atoms with E-state index in [0.29, 0.717) is 6.54 Å². The maximum atomic E-state index is 12.4. The van der Waals surface area contributed by atoms with E-state index in [9.17, 15) is 13.2 Å². The van der Waals surface area contributed by atoms with Crippen molar-refractivity contribution in [3.8, 4) is 5.75 Å². The molecular weight excluding hydrogens is 354 g/mol. The molecule has 1 aromatic carbocycles. The normalized spacial score (nSPS) is 12.4. The van der Waals surface area contributed by atoms with Crippen molar-refractivity contribution in [2.75, 3.05) is 20.7 Å². The lowest BCUT2D eigenvalue weighted by molar-refractivity contribution is 0.0950. The number of ether oxygens (including phenoxy) is 1. The standard InChI is InChI=1S/C15H25N3O4S.ClH/c1-10(2)18-23(20,21)14-8-12(6-7-13(14)22-5)15(19)17-9-11(3)16-4;/h6-8,10-11,16,18H,9H2,1-5H3,(H,17,19);1H. The summed E-state index contributed by atoms with van der Waals surface area (Å²) < 4.78 is 32.3. The molecule has 1 rings (SSSR count). The van der Waals surface area contributed by atoms with Crippen LogP contribution in [0.4, 0.5) is 0 Å². The molecule has 0 saturated carbocycles. The highest BCUT2D eigenvalue weighted by atomic mass is 35.5. The zero-order valence-electron chi connectivity index (χ0n) is 14.5. The molecule has 0 heterocycles. The largest absolute Gasteiger partial charge is 0.495 e. The summed E-state index contributed by atoms with van der Waals surface area (Å²) in [7, 11) is -0.577. The Kier molecular flexibility index (Phi) is 9.27. The van der Waals surface area contributed by atoms with Gasteiger partial charge in [0.2, 0.25) is 10.0 Å². The minimum Gasteiger partial charge on any atom is -0.495 e. The number of carbonyl (C=O) groups is 1. The first-order valence-electron chi connectivity index (χ1n) is 7.37. The first-order valence-corrected chi connectivity index (χ1v) is 8.85. The molecule has 0 aliphatic carbocycles. The van der Waals surface area contributed by atoms with Gasteiger partial charge in [0.25, 0.3) is 5.91 Å². The molecule has 0 fully saturated rings. The van der Waals surface area contributed by atoms with Gasteiger partial charge >= 0.3 is 0 Å². The number of methoxy groups -OCH3 is 1. The molecule has 0 aromatic heterocycles. The van der Waals surface area contributed by atoms with Crippen molar-refractivity contribution in [1.82, 2.24) is 15.4 Å². The molecule has 0 saturated heterocycles. The van der Waals surface area contributed by atoms with Crippen LogP contribution in [0.15, 0.2) is 23.1 Å². The average Bonchev–Trinajstić information content (AvgIpc) is 2.50. The number of halogens is 1. The number of carbonyl (C=O) groups excluding carboxylic acids is 1. The van der Waals surface area contributed by atoms with Crippen molar-refractivity contribution in [3.63, 3.8) is 0 Å². The Labute approximate surface area is 150 Å². The number of hydrogen-bond donors (Lipinski definition) is 3. The molecule has 0 spiro atoms. The fourth-order valence-corrected chi connectivity index (χ4v) is 3.30. The van der Waals surface area contributed by atoms with E-state index in [4.69, 9.17) is 4.74 Å². The summed E-state index contributed by atoms with van der Waals surface area (Å²) >= 11 is 0. The minimum atomic E-state index is -3.76. The highest BCUT2D eigenvalue weighted by molar-refractivity contribution is 7.89. The lowest BCUT2D eigenvalue weighted by Gasteiger charge is -2.15. The molecule has 0 aliphatic rings. The van der Waals surface area contributed by atoms with Gasteiger partial charge in [-0.15, -0.1) is 12.4 Å². The quantitative estimate of drug-likeness (QED) is 0.629. The maximum Gasteiger partial charge on any atom is 0.251 e. The van der Waals surface area contributed by atoms with E-state index in [1.165, 1.54) is 25.3 Å². The Morgan fingerprint density at radius 1 is 1.25 bits per heavy atom. The van der Waals surface area contributed by atoms with Crippen molar-refractivity contribution in [3.05, 3.63) is 23.8 Å². The molecule has 0 bridgehead atoms. The van der Waals surface area contributed by atoms with Crippen LogP contribution in [-0.4, -0.2) is 47.1 Å². The molecule has 0 radical (unpaired) electrons. The molecule has 0 aliphatic heterocycles. The topological polar surface area (TPSA) is 96.5 Å². The van der Waals surface area contributed by atoms with Crippen LogP contribution in [0.1, 0.15) is 31.1 Å². The average molecular weight is 380 g/mol. The Hall–Kier alpha value is -1.35. The molecular formula is C15H26ClN3O4S. The summed E-state index contributed by atoms with van der Waals surface area (Å²) in [6.45, 7) is 5.81. The summed E-state index contributed by atoms with van der Waals surface area (Å²) in [6, 6.07) is 4.18. The highest BCUT2D eigenvalue weighted by Gasteiger charge is 2.22. The molecule has 1 unspecified atom stereocenters. The summed E-state index contributed by atoms with van der Waals surface area (Å²) in [5.41, 5.74) is 0.262. The summed E-state index contributed by atoms with van der Waals surface area (Å²) in [5, 5.41) is 5.76. The minimum absolute atomic E-state index is 0. The Morgan fingerprint density at radius 2 is 1.88 bits per heavy atom. The van der Waals surface area contributed by atoms with Gasteiger partial charge in [-0.05, 0) is 46.0 Å². The van der Waals surface area contributed by atoms with Crippen LogP contribution in [0.25, 0.3) is 0 Å². The maximum absolute atomic E-state index is 12.4. The Bertz CT molecular complexity index is 650. The summed E-state index contributed by atoms with van der Waals surface area (Å²) in [5.74, 6) is -0.144. The number of sulfonamides is 1. The van der Waals surface area contributed by atoms with Gasteiger partial charge in [-0.2, -0.15) is 0 Å². The van der Waals surface area contributed by atoms with E-state index in [2.05, 4.69) is 15.4 Å². The third-order valence-electron chi connectivity index (χ3n) is 3.17. The number of rotatable bonds is 8. The number of benzene rings is 1. The van der Waals surface area contributed by atoms with Gasteiger partial charge in [-0.1, -0.05) is 0 Å². The number of amides is 1. The molecule has 3 N–H and O–H groups in total. The number of likely N-dealkylation sites (N-methyl/N-ethyl adjacent to an activating group) is 1. The number of nitrogens with one attached hydrogen (secondary N) is 3. The van der Waals surface area contributed by atoms with Crippen LogP contribution in [0.3, 0.4) is 0 Å². The van der Waals surface area contributed by atoms with E-state index in [0.717, 1.165) is 0 Å². The van der Waals surface area contributed by atoms with Crippen molar-refractivity contribution < 1.29 is 17.9 Å². The van der Waals surface area contributed by atoms with Crippen molar-refractivity contribution >= 4 is 28.3 Å². The first kappa shape index (κ1) is 22.6. The number of hydrogen-bond acceptors (Lipinski definition) is 5. The second-order valence-corrected chi connectivity index (χ2v) is 7.22. The van der Waals surface area contributed by atoms with Gasteiger partial charge in [0.05, 0.1) is 7.11 Å². The van der Waals surface area contributed by atoms with Gasteiger partial charge in [0.1, 0.15) is 10.6 Å². The van der Waals surface area contributed by atoms with Crippen molar-refractivity contribution in [2.24, 2.45) is 0 Å². The molecule has 7 nitrogen and oxygen atoms in total. The zero-order valence-corrected chi connectivity index (χ0v) is 16.2.